The lowest BCUT2D eigenvalue weighted by molar-refractivity contribution is -0.384. The number of nitrogens with zero attached hydrogens (tertiary/aromatic N) is 3. The molecule has 2 aromatic carbocycles. The number of non-ortho nitro benzene ring substituents is 1. The summed E-state index contributed by atoms with van der Waals surface area (Å²) in [5.41, 5.74) is 1.26. The fraction of sp³-hybridized carbons (Fsp3) is 0.440. The number of amides is 2. The quantitative estimate of drug-likeness (QED) is 0.237. The van der Waals surface area contributed by atoms with Gasteiger partial charge in [0, 0.05) is 25.2 Å². The number of ether oxygens (including phenoxy) is 1. The van der Waals surface area contributed by atoms with Crippen LogP contribution in [-0.4, -0.2) is 62.6 Å². The second-order valence-corrected chi connectivity index (χ2v) is 10.6. The molecular weight excluding hydrogens is 500 g/mol. The molecule has 37 heavy (non-hydrogen) atoms. The molecule has 2 aromatic rings. The highest BCUT2D eigenvalue weighted by Gasteiger charge is 2.32. The van der Waals surface area contributed by atoms with Gasteiger partial charge in [0.05, 0.1) is 18.3 Å². The molecule has 0 unspecified atom stereocenters. The molecule has 2 amide bonds. The molecule has 0 radical (unpaired) electrons. The minimum atomic E-state index is -4.08. The van der Waals surface area contributed by atoms with Crippen molar-refractivity contribution in [3.8, 4) is 5.75 Å². The first-order chi connectivity index (χ1) is 17.4. The Bertz CT molecular complexity index is 1220. The van der Waals surface area contributed by atoms with E-state index in [4.69, 9.17) is 4.74 Å². The maximum Gasteiger partial charge on any atom is 0.271 e. The van der Waals surface area contributed by atoms with Gasteiger partial charge < -0.3 is 15.0 Å². The van der Waals surface area contributed by atoms with Gasteiger partial charge in [0.1, 0.15) is 24.0 Å². The van der Waals surface area contributed by atoms with Crippen molar-refractivity contribution < 1.29 is 27.7 Å². The molecule has 0 saturated heterocycles. The highest BCUT2D eigenvalue weighted by molar-refractivity contribution is 7.92. The summed E-state index contributed by atoms with van der Waals surface area (Å²) in [6, 6.07) is 9.99. The van der Waals surface area contributed by atoms with E-state index in [2.05, 4.69) is 5.32 Å². The summed E-state index contributed by atoms with van der Waals surface area (Å²) in [5.74, 6) is -0.982. The minimum absolute atomic E-state index is 0.0410. The van der Waals surface area contributed by atoms with Crippen LogP contribution < -0.4 is 14.4 Å². The van der Waals surface area contributed by atoms with E-state index in [1.165, 1.54) is 24.1 Å². The molecule has 11 nitrogen and oxygen atoms in total. The number of unbranched alkanes of at least 4 members (excludes halogenated alkanes) is 1. The van der Waals surface area contributed by atoms with E-state index in [-0.39, 0.29) is 29.6 Å². The lowest BCUT2D eigenvalue weighted by Crippen LogP contribution is -2.51. The number of carbonyl (C=O) groups is 2. The van der Waals surface area contributed by atoms with E-state index in [0.717, 1.165) is 40.6 Å². The lowest BCUT2D eigenvalue weighted by Gasteiger charge is -2.31. The zero-order chi connectivity index (χ0) is 27.8. The molecule has 2 rings (SSSR count). The van der Waals surface area contributed by atoms with E-state index < -0.39 is 33.4 Å². The number of rotatable bonds is 13. The van der Waals surface area contributed by atoms with E-state index in [1.807, 2.05) is 38.1 Å². The number of carbonyl (C=O) groups excluding carboxylic acids is 2. The number of nitro groups is 1. The molecule has 0 aliphatic rings. The predicted molar refractivity (Wildman–Crippen MR) is 141 cm³/mol. The summed E-state index contributed by atoms with van der Waals surface area (Å²) in [4.78, 5) is 38.4. The summed E-state index contributed by atoms with van der Waals surface area (Å²) in [6.45, 7) is 5.32. The second kappa shape index (κ2) is 13.0. The van der Waals surface area contributed by atoms with Gasteiger partial charge in [-0.05, 0) is 31.9 Å². The van der Waals surface area contributed by atoms with Crippen LogP contribution in [0.2, 0.25) is 0 Å². The highest BCUT2D eigenvalue weighted by Crippen LogP contribution is 2.33. The predicted octanol–water partition coefficient (Wildman–Crippen LogP) is 3.01. The van der Waals surface area contributed by atoms with Crippen molar-refractivity contribution in [2.24, 2.45) is 0 Å². The van der Waals surface area contributed by atoms with E-state index >= 15 is 0 Å². The SMILES string of the molecule is CCCCNC(=O)[C@H](C)N(Cc1ccc(C)cc1)C(=O)CN(c1cc([N+](=O)[O-])ccc1OC)S(C)(=O)=O. The maximum absolute atomic E-state index is 13.6. The first-order valence-electron chi connectivity index (χ1n) is 11.8. The summed E-state index contributed by atoms with van der Waals surface area (Å²) < 4.78 is 31.5. The molecule has 1 N–H and O–H groups in total. The Kier molecular flexibility index (Phi) is 10.4. The third-order valence-corrected chi connectivity index (χ3v) is 6.92. The molecule has 0 aromatic heterocycles. The average Bonchev–Trinajstić information content (AvgIpc) is 2.85. The van der Waals surface area contributed by atoms with Gasteiger partial charge in [0.25, 0.3) is 5.69 Å². The van der Waals surface area contributed by atoms with Crippen molar-refractivity contribution in [1.29, 1.82) is 0 Å². The maximum atomic E-state index is 13.6. The Morgan fingerprint density at radius 2 is 1.81 bits per heavy atom. The number of nitrogens with one attached hydrogen (secondary N) is 1. The first-order valence-corrected chi connectivity index (χ1v) is 13.7. The number of sulfonamides is 1. The number of benzene rings is 2. The minimum Gasteiger partial charge on any atom is -0.495 e. The smallest absolute Gasteiger partial charge is 0.271 e. The van der Waals surface area contributed by atoms with Gasteiger partial charge in [0.2, 0.25) is 21.8 Å². The van der Waals surface area contributed by atoms with Crippen molar-refractivity contribution in [3.05, 3.63) is 63.7 Å². The van der Waals surface area contributed by atoms with E-state index in [1.54, 1.807) is 6.92 Å². The van der Waals surface area contributed by atoms with Gasteiger partial charge in [-0.15, -0.1) is 0 Å². The Morgan fingerprint density at radius 1 is 1.16 bits per heavy atom. The van der Waals surface area contributed by atoms with Crippen LogP contribution in [0.4, 0.5) is 11.4 Å². The molecule has 0 aliphatic carbocycles. The molecule has 0 spiro atoms. The summed E-state index contributed by atoms with van der Waals surface area (Å²) in [6.07, 6.45) is 2.55. The molecule has 0 heterocycles. The number of anilines is 1. The van der Waals surface area contributed by atoms with E-state index in [0.29, 0.717) is 6.54 Å². The average molecular weight is 535 g/mol. The standard InChI is InChI=1S/C25H34N4O7S/c1-6-7-14-26-25(31)19(3)27(16-20-10-8-18(2)9-11-20)24(30)17-28(37(5,34)35)22-15-21(29(32)33)12-13-23(22)36-4/h8-13,15,19H,6-7,14,16-17H2,1-5H3,(H,26,31)/t19-/m0/s1. The van der Waals surface area contributed by atoms with Crippen LogP contribution >= 0.6 is 0 Å². The lowest BCUT2D eigenvalue weighted by atomic mass is 10.1. The molecule has 1 atom stereocenters. The number of methoxy groups -OCH3 is 1. The molecule has 12 heteroatoms. The van der Waals surface area contributed by atoms with Gasteiger partial charge >= 0.3 is 0 Å². The highest BCUT2D eigenvalue weighted by atomic mass is 32.2. The summed E-state index contributed by atoms with van der Waals surface area (Å²) in [7, 11) is -2.79. The summed E-state index contributed by atoms with van der Waals surface area (Å²) >= 11 is 0. The monoisotopic (exact) mass is 534 g/mol. The molecular formula is C25H34N4O7S. The topological polar surface area (TPSA) is 139 Å². The van der Waals surface area contributed by atoms with Crippen LogP contribution in [-0.2, 0) is 26.2 Å². The van der Waals surface area contributed by atoms with Crippen molar-refractivity contribution >= 4 is 33.2 Å². The third-order valence-electron chi connectivity index (χ3n) is 5.79. The molecule has 202 valence electrons. The van der Waals surface area contributed by atoms with Crippen LogP contribution in [0, 0.1) is 17.0 Å². The van der Waals surface area contributed by atoms with Gasteiger partial charge in [-0.1, -0.05) is 43.2 Å². The zero-order valence-electron chi connectivity index (χ0n) is 21.8. The third kappa shape index (κ3) is 8.17. The number of hydrogen-bond donors (Lipinski definition) is 1. The first kappa shape index (κ1) is 29.6. The van der Waals surface area contributed by atoms with Crippen molar-refractivity contribution in [3.63, 3.8) is 0 Å². The zero-order valence-corrected chi connectivity index (χ0v) is 22.6. The molecule has 0 aliphatic heterocycles. The molecule has 0 fully saturated rings. The Morgan fingerprint density at radius 3 is 2.35 bits per heavy atom. The van der Waals surface area contributed by atoms with Crippen LogP contribution in [0.25, 0.3) is 0 Å². The van der Waals surface area contributed by atoms with Crippen molar-refractivity contribution in [2.75, 3.05) is 30.8 Å². The van der Waals surface area contributed by atoms with Gasteiger partial charge in [-0.2, -0.15) is 0 Å². The number of aryl methyl sites for hydroxylation is 1. The Hall–Kier alpha value is -3.67. The summed E-state index contributed by atoms with van der Waals surface area (Å²) in [5, 5.41) is 14.1. The van der Waals surface area contributed by atoms with Crippen molar-refractivity contribution in [1.82, 2.24) is 10.2 Å². The molecule has 0 saturated carbocycles. The number of hydrogen-bond acceptors (Lipinski definition) is 7. The van der Waals surface area contributed by atoms with Gasteiger partial charge in [0.15, 0.2) is 0 Å². The fourth-order valence-corrected chi connectivity index (χ4v) is 4.44. The normalized spacial score (nSPS) is 11.9. The number of nitro benzene ring substituents is 1. The van der Waals surface area contributed by atoms with E-state index in [9.17, 15) is 28.1 Å². The van der Waals surface area contributed by atoms with Crippen LogP contribution in [0.3, 0.4) is 0 Å². The van der Waals surface area contributed by atoms with Gasteiger partial charge in [-0.25, -0.2) is 8.42 Å². The Labute approximate surface area is 217 Å². The van der Waals surface area contributed by atoms with Crippen LogP contribution in [0.1, 0.15) is 37.8 Å². The largest absolute Gasteiger partial charge is 0.495 e. The fourth-order valence-electron chi connectivity index (χ4n) is 3.59. The van der Waals surface area contributed by atoms with Gasteiger partial charge in [-0.3, -0.25) is 24.0 Å². The Balaban J connectivity index is 2.47. The van der Waals surface area contributed by atoms with Crippen molar-refractivity contribution in [2.45, 2.75) is 46.2 Å². The molecule has 0 bridgehead atoms. The van der Waals surface area contributed by atoms with Crippen LogP contribution in [0.15, 0.2) is 42.5 Å². The van der Waals surface area contributed by atoms with Crippen LogP contribution in [0.5, 0.6) is 5.75 Å². The second-order valence-electron chi connectivity index (χ2n) is 8.71.